The predicted molar refractivity (Wildman–Crippen MR) is 68.7 cm³/mol. The summed E-state index contributed by atoms with van der Waals surface area (Å²) >= 11 is 5.92. The van der Waals surface area contributed by atoms with E-state index >= 15 is 0 Å². The fourth-order valence-corrected chi connectivity index (χ4v) is 2.59. The Kier molecular flexibility index (Phi) is 3.05. The van der Waals surface area contributed by atoms with Crippen molar-refractivity contribution in [3.8, 4) is 0 Å². The van der Waals surface area contributed by atoms with E-state index < -0.39 is 0 Å². The number of fused-ring (bicyclic) bond motifs is 1. The van der Waals surface area contributed by atoms with Crippen molar-refractivity contribution in [3.05, 3.63) is 11.6 Å². The highest BCUT2D eigenvalue weighted by Crippen LogP contribution is 2.27. The molecule has 1 unspecified atom stereocenters. The fourth-order valence-electron chi connectivity index (χ4n) is 2.43. The Morgan fingerprint density at radius 2 is 2.39 bits per heavy atom. The number of nitrogens with one attached hydrogen (secondary N) is 1. The summed E-state index contributed by atoms with van der Waals surface area (Å²) in [4.78, 5) is 17.7. The second kappa shape index (κ2) is 4.70. The van der Waals surface area contributed by atoms with Crippen LogP contribution in [0.15, 0.2) is 6.33 Å². The van der Waals surface area contributed by atoms with Gasteiger partial charge in [0, 0.05) is 19.7 Å². The molecule has 2 aromatic rings. The van der Waals surface area contributed by atoms with Gasteiger partial charge in [-0.25, -0.2) is 4.98 Å². The Hall–Kier alpha value is -1.40. The summed E-state index contributed by atoms with van der Waals surface area (Å²) in [5.41, 5.74) is 1.38. The molecule has 0 aromatic carbocycles. The van der Waals surface area contributed by atoms with E-state index in [1.807, 2.05) is 0 Å². The molecular formula is C11H14ClN5O. The van der Waals surface area contributed by atoms with Crippen LogP contribution in [0.25, 0.3) is 11.2 Å². The first-order chi connectivity index (χ1) is 8.78. The van der Waals surface area contributed by atoms with Gasteiger partial charge in [-0.05, 0) is 30.4 Å². The molecule has 0 radical (unpaired) electrons. The molecule has 1 aliphatic heterocycles. The smallest absolute Gasteiger partial charge is 0.226 e. The van der Waals surface area contributed by atoms with Gasteiger partial charge in [-0.15, -0.1) is 0 Å². The van der Waals surface area contributed by atoms with Gasteiger partial charge in [0.15, 0.2) is 11.5 Å². The third-order valence-electron chi connectivity index (χ3n) is 3.32. The van der Waals surface area contributed by atoms with Crippen molar-refractivity contribution >= 4 is 28.6 Å². The number of aromatic amines is 1. The highest BCUT2D eigenvalue weighted by atomic mass is 35.5. The zero-order valence-corrected chi connectivity index (χ0v) is 10.6. The number of rotatable bonds is 2. The molecule has 1 fully saturated rings. The van der Waals surface area contributed by atoms with Gasteiger partial charge in [0.05, 0.1) is 6.33 Å². The molecule has 2 aromatic heterocycles. The summed E-state index contributed by atoms with van der Waals surface area (Å²) < 4.78 is 0. The summed E-state index contributed by atoms with van der Waals surface area (Å²) in [7, 11) is 0. The van der Waals surface area contributed by atoms with Gasteiger partial charge in [-0.1, -0.05) is 0 Å². The summed E-state index contributed by atoms with van der Waals surface area (Å²) in [6.07, 6.45) is 3.69. The van der Waals surface area contributed by atoms with Crippen molar-refractivity contribution in [2.75, 3.05) is 24.6 Å². The molecule has 0 aliphatic carbocycles. The first kappa shape index (κ1) is 11.7. The molecule has 3 rings (SSSR count). The largest absolute Gasteiger partial charge is 0.396 e. The second-order valence-corrected chi connectivity index (χ2v) is 4.89. The number of hydrogen-bond acceptors (Lipinski definition) is 5. The Labute approximate surface area is 109 Å². The molecule has 1 aliphatic rings. The van der Waals surface area contributed by atoms with Gasteiger partial charge >= 0.3 is 0 Å². The SMILES string of the molecule is OCC1CCCN(c2nc(Cl)nc3nc[nH]c23)C1. The van der Waals surface area contributed by atoms with E-state index in [1.54, 1.807) is 6.33 Å². The standard InChI is InChI=1S/C11H14ClN5O/c12-11-15-9-8(13-6-14-9)10(16-11)17-3-1-2-7(4-17)5-18/h6-7,18H,1-5H2,(H,13,14,15,16). The first-order valence-electron chi connectivity index (χ1n) is 6.00. The Bertz CT molecular complexity index is 557. The van der Waals surface area contributed by atoms with Crippen molar-refractivity contribution in [1.29, 1.82) is 0 Å². The van der Waals surface area contributed by atoms with E-state index in [4.69, 9.17) is 11.6 Å². The number of hydrogen-bond donors (Lipinski definition) is 2. The lowest BCUT2D eigenvalue weighted by Crippen LogP contribution is -2.37. The molecule has 3 heterocycles. The minimum absolute atomic E-state index is 0.204. The maximum absolute atomic E-state index is 9.28. The molecule has 0 saturated carbocycles. The Morgan fingerprint density at radius 3 is 3.22 bits per heavy atom. The van der Waals surface area contributed by atoms with Crippen molar-refractivity contribution in [2.24, 2.45) is 5.92 Å². The van der Waals surface area contributed by atoms with Crippen LogP contribution in [-0.2, 0) is 0 Å². The Morgan fingerprint density at radius 1 is 1.50 bits per heavy atom. The third kappa shape index (κ3) is 2.02. The van der Waals surface area contributed by atoms with Crippen molar-refractivity contribution < 1.29 is 5.11 Å². The summed E-state index contributed by atoms with van der Waals surface area (Å²) in [5, 5.41) is 9.48. The third-order valence-corrected chi connectivity index (χ3v) is 3.49. The van der Waals surface area contributed by atoms with Crippen LogP contribution in [0.5, 0.6) is 0 Å². The lowest BCUT2D eigenvalue weighted by Gasteiger charge is -2.32. The van der Waals surface area contributed by atoms with Crippen molar-refractivity contribution in [3.63, 3.8) is 0 Å². The molecule has 96 valence electrons. The van der Waals surface area contributed by atoms with Gasteiger partial charge in [0.1, 0.15) is 5.52 Å². The number of anilines is 1. The van der Waals surface area contributed by atoms with Crippen LogP contribution in [-0.4, -0.2) is 44.7 Å². The van der Waals surface area contributed by atoms with E-state index in [2.05, 4.69) is 24.8 Å². The monoisotopic (exact) mass is 267 g/mol. The fraction of sp³-hybridized carbons (Fsp3) is 0.545. The number of aromatic nitrogens is 4. The number of imidazole rings is 1. The highest BCUT2D eigenvalue weighted by Gasteiger charge is 2.23. The molecule has 7 heteroatoms. The minimum Gasteiger partial charge on any atom is -0.396 e. The average molecular weight is 268 g/mol. The van der Waals surface area contributed by atoms with E-state index in [9.17, 15) is 5.11 Å². The van der Waals surface area contributed by atoms with Gasteiger partial charge in [0.2, 0.25) is 5.28 Å². The number of piperidine rings is 1. The predicted octanol–water partition coefficient (Wildman–Crippen LogP) is 1.21. The van der Waals surface area contributed by atoms with Crippen LogP contribution in [0.4, 0.5) is 5.82 Å². The normalized spacial score (nSPS) is 20.6. The minimum atomic E-state index is 0.204. The van der Waals surface area contributed by atoms with E-state index in [-0.39, 0.29) is 11.9 Å². The molecular weight excluding hydrogens is 254 g/mol. The lowest BCUT2D eigenvalue weighted by atomic mass is 9.99. The first-order valence-corrected chi connectivity index (χ1v) is 6.38. The van der Waals surface area contributed by atoms with E-state index in [0.29, 0.717) is 11.6 Å². The second-order valence-electron chi connectivity index (χ2n) is 4.55. The summed E-state index contributed by atoms with van der Waals surface area (Å²) in [6.45, 7) is 1.91. The van der Waals surface area contributed by atoms with E-state index in [0.717, 1.165) is 37.3 Å². The van der Waals surface area contributed by atoms with Crippen LogP contribution in [0.2, 0.25) is 5.28 Å². The van der Waals surface area contributed by atoms with Crippen LogP contribution < -0.4 is 4.90 Å². The van der Waals surface area contributed by atoms with Crippen LogP contribution in [0.1, 0.15) is 12.8 Å². The molecule has 1 saturated heterocycles. The molecule has 0 spiro atoms. The molecule has 18 heavy (non-hydrogen) atoms. The zero-order valence-electron chi connectivity index (χ0n) is 9.80. The molecule has 1 atom stereocenters. The van der Waals surface area contributed by atoms with Crippen molar-refractivity contribution in [2.45, 2.75) is 12.8 Å². The van der Waals surface area contributed by atoms with Crippen LogP contribution >= 0.6 is 11.6 Å². The quantitative estimate of drug-likeness (QED) is 0.800. The Balaban J connectivity index is 2.00. The van der Waals surface area contributed by atoms with Crippen molar-refractivity contribution in [1.82, 2.24) is 19.9 Å². The number of nitrogens with zero attached hydrogens (tertiary/aromatic N) is 4. The maximum Gasteiger partial charge on any atom is 0.226 e. The summed E-state index contributed by atoms with van der Waals surface area (Å²) in [6, 6.07) is 0. The number of H-pyrrole nitrogens is 1. The number of halogens is 1. The zero-order chi connectivity index (χ0) is 12.5. The van der Waals surface area contributed by atoms with Crippen LogP contribution in [0, 0.1) is 5.92 Å². The highest BCUT2D eigenvalue weighted by molar-refractivity contribution is 6.28. The molecule has 6 nitrogen and oxygen atoms in total. The number of aliphatic hydroxyl groups excluding tert-OH is 1. The lowest BCUT2D eigenvalue weighted by molar-refractivity contribution is 0.208. The molecule has 2 N–H and O–H groups in total. The maximum atomic E-state index is 9.28. The average Bonchev–Trinajstić information content (AvgIpc) is 2.85. The topological polar surface area (TPSA) is 77.9 Å². The summed E-state index contributed by atoms with van der Waals surface area (Å²) in [5.74, 6) is 1.08. The molecule has 0 amide bonds. The van der Waals surface area contributed by atoms with E-state index in [1.165, 1.54) is 0 Å². The van der Waals surface area contributed by atoms with Crippen LogP contribution in [0.3, 0.4) is 0 Å². The van der Waals surface area contributed by atoms with Gasteiger partial charge < -0.3 is 15.0 Å². The number of aliphatic hydroxyl groups is 1. The van der Waals surface area contributed by atoms with Gasteiger partial charge in [-0.2, -0.15) is 9.97 Å². The van der Waals surface area contributed by atoms with Gasteiger partial charge in [0.25, 0.3) is 0 Å². The van der Waals surface area contributed by atoms with Gasteiger partial charge in [-0.3, -0.25) is 0 Å². The molecule has 0 bridgehead atoms.